The second-order valence-corrected chi connectivity index (χ2v) is 5.50. The molecule has 1 heterocycles. The van der Waals surface area contributed by atoms with E-state index in [0.717, 1.165) is 16.8 Å². The summed E-state index contributed by atoms with van der Waals surface area (Å²) in [6, 6.07) is 4.36. The number of aromatic nitrogens is 2. The lowest BCUT2D eigenvalue weighted by molar-refractivity contribution is -0.0544. The lowest BCUT2D eigenvalue weighted by Gasteiger charge is -2.13. The molecule has 2 aromatic rings. The second kappa shape index (κ2) is 8.51. The van der Waals surface area contributed by atoms with E-state index in [9.17, 15) is 27.2 Å². The van der Waals surface area contributed by atoms with Gasteiger partial charge >= 0.3 is 13.2 Å². The molecule has 0 radical (unpaired) electrons. The van der Waals surface area contributed by atoms with E-state index in [1.54, 1.807) is 6.07 Å². The molecule has 0 aliphatic heterocycles. The number of ketones is 1. The number of Topliss-reactive ketones (excluding diaryl/α,β-unsaturated/α-hetero) is 1. The van der Waals surface area contributed by atoms with Crippen LogP contribution in [0.5, 0.6) is 11.5 Å². The zero-order valence-corrected chi connectivity index (χ0v) is 14.6. The van der Waals surface area contributed by atoms with Gasteiger partial charge in [0, 0.05) is 6.07 Å². The summed E-state index contributed by atoms with van der Waals surface area (Å²) in [6.07, 6.45) is 0. The lowest BCUT2D eigenvalue weighted by atomic mass is 10.1. The van der Waals surface area contributed by atoms with E-state index in [1.165, 1.54) is 13.8 Å². The highest BCUT2D eigenvalue weighted by molar-refractivity contribution is 5.98. The van der Waals surface area contributed by atoms with Crippen LogP contribution >= 0.6 is 0 Å². The molecule has 1 aromatic heterocycles. The van der Waals surface area contributed by atoms with Crippen molar-refractivity contribution in [2.45, 2.75) is 33.6 Å². The summed E-state index contributed by atoms with van der Waals surface area (Å²) < 4.78 is 58.9. The number of hydrogen-bond donors (Lipinski definition) is 0. The van der Waals surface area contributed by atoms with Crippen molar-refractivity contribution in [3.63, 3.8) is 0 Å². The van der Waals surface area contributed by atoms with Crippen molar-refractivity contribution in [1.82, 2.24) is 9.78 Å². The van der Waals surface area contributed by atoms with Gasteiger partial charge in [-0.25, -0.2) is 4.68 Å². The first-order chi connectivity index (χ1) is 13.1. The van der Waals surface area contributed by atoms with Crippen LogP contribution in [0.25, 0.3) is 0 Å². The maximum atomic E-state index is 12.6. The summed E-state index contributed by atoms with van der Waals surface area (Å²) in [5, 5.41) is 13.0. The molecule has 2 rings (SSSR count). The number of hydrogen-bond acceptors (Lipinski definition) is 6. The third-order valence-corrected chi connectivity index (χ3v) is 3.74. The Labute approximate surface area is 155 Å². The minimum Gasteiger partial charge on any atom is -0.435 e. The number of rotatable bonds is 7. The first-order valence-corrected chi connectivity index (χ1v) is 7.69. The molecule has 148 valence electrons. The molecule has 28 heavy (non-hydrogen) atoms. The Balaban J connectivity index is 2.43. The predicted octanol–water partition coefficient (Wildman–Crippen LogP) is 2.82. The van der Waals surface area contributed by atoms with Crippen molar-refractivity contribution in [1.29, 1.82) is 5.26 Å². The molecule has 0 spiro atoms. The summed E-state index contributed by atoms with van der Waals surface area (Å²) in [6.45, 7) is -4.17. The van der Waals surface area contributed by atoms with Gasteiger partial charge in [-0.15, -0.1) is 0 Å². The molecule has 0 atom stereocenters. The van der Waals surface area contributed by atoms with E-state index in [-0.39, 0.29) is 5.56 Å². The average molecular weight is 399 g/mol. The largest absolute Gasteiger partial charge is 0.435 e. The van der Waals surface area contributed by atoms with Crippen LogP contribution in [0.3, 0.4) is 0 Å². The Morgan fingerprint density at radius 2 is 1.86 bits per heavy atom. The zero-order chi connectivity index (χ0) is 21.0. The Hall–Kier alpha value is -3.42. The fraction of sp³-hybridized carbons (Fsp3) is 0.294. The molecule has 0 fully saturated rings. The smallest absolute Gasteiger partial charge is 0.387 e. The third-order valence-electron chi connectivity index (χ3n) is 3.74. The van der Waals surface area contributed by atoms with Crippen LogP contribution in [0, 0.1) is 25.2 Å². The Kier molecular flexibility index (Phi) is 6.35. The minimum atomic E-state index is -3.33. The molecule has 0 saturated carbocycles. The van der Waals surface area contributed by atoms with Crippen molar-refractivity contribution >= 4 is 5.78 Å². The van der Waals surface area contributed by atoms with Gasteiger partial charge < -0.3 is 9.47 Å². The van der Waals surface area contributed by atoms with Crippen LogP contribution < -0.4 is 15.0 Å². The molecule has 0 bridgehead atoms. The van der Waals surface area contributed by atoms with Gasteiger partial charge in [0.2, 0.25) is 0 Å². The van der Waals surface area contributed by atoms with Gasteiger partial charge in [0.25, 0.3) is 5.56 Å². The van der Waals surface area contributed by atoms with Crippen LogP contribution in [-0.4, -0.2) is 28.8 Å². The Morgan fingerprint density at radius 1 is 1.21 bits per heavy atom. The van der Waals surface area contributed by atoms with Crippen molar-refractivity contribution in [2.24, 2.45) is 0 Å². The van der Waals surface area contributed by atoms with Crippen molar-refractivity contribution < 1.29 is 31.8 Å². The quantitative estimate of drug-likeness (QED) is 0.525. The topological polar surface area (TPSA) is 94.2 Å². The molecule has 11 heteroatoms. The first kappa shape index (κ1) is 20.9. The van der Waals surface area contributed by atoms with E-state index in [1.807, 2.05) is 0 Å². The Bertz CT molecular complexity index is 999. The maximum Gasteiger partial charge on any atom is 0.387 e. The number of aryl methyl sites for hydroxylation is 1. The van der Waals surface area contributed by atoms with Gasteiger partial charge in [-0.2, -0.15) is 27.9 Å². The SMILES string of the molecule is Cc1nn(CC(=O)c2ccc(OC(F)F)cc2OC(F)F)c(=O)c(C#N)c1C. The average Bonchev–Trinajstić information content (AvgIpc) is 2.59. The molecular weight excluding hydrogens is 386 g/mol. The van der Waals surface area contributed by atoms with Crippen molar-refractivity contribution in [3.8, 4) is 17.6 Å². The molecule has 0 unspecified atom stereocenters. The normalized spacial score (nSPS) is 10.8. The summed E-state index contributed by atoms with van der Waals surface area (Å²) in [7, 11) is 0. The first-order valence-electron chi connectivity index (χ1n) is 7.69. The number of carbonyl (C=O) groups is 1. The highest BCUT2D eigenvalue weighted by atomic mass is 19.3. The zero-order valence-electron chi connectivity index (χ0n) is 14.6. The molecule has 7 nitrogen and oxygen atoms in total. The number of benzene rings is 1. The molecule has 0 saturated heterocycles. The summed E-state index contributed by atoms with van der Waals surface area (Å²) in [4.78, 5) is 24.8. The Morgan fingerprint density at radius 3 is 2.43 bits per heavy atom. The van der Waals surface area contributed by atoms with Gasteiger partial charge in [0.05, 0.1) is 11.3 Å². The predicted molar refractivity (Wildman–Crippen MR) is 86.7 cm³/mol. The lowest BCUT2D eigenvalue weighted by Crippen LogP contribution is -2.30. The van der Waals surface area contributed by atoms with Crippen LogP contribution in [-0.2, 0) is 6.54 Å². The summed E-state index contributed by atoms with van der Waals surface area (Å²) >= 11 is 0. The third kappa shape index (κ3) is 4.64. The van der Waals surface area contributed by atoms with E-state index in [2.05, 4.69) is 14.6 Å². The van der Waals surface area contributed by atoms with Crippen molar-refractivity contribution in [2.75, 3.05) is 0 Å². The maximum absolute atomic E-state index is 12.6. The van der Waals surface area contributed by atoms with Crippen LogP contribution in [0.1, 0.15) is 27.2 Å². The monoisotopic (exact) mass is 399 g/mol. The van der Waals surface area contributed by atoms with Gasteiger partial charge in [-0.3, -0.25) is 9.59 Å². The minimum absolute atomic E-state index is 0.204. The molecule has 0 N–H and O–H groups in total. The highest BCUT2D eigenvalue weighted by Crippen LogP contribution is 2.28. The van der Waals surface area contributed by atoms with E-state index in [4.69, 9.17) is 5.26 Å². The molecule has 1 aromatic carbocycles. The molecule has 0 aliphatic rings. The van der Waals surface area contributed by atoms with Crippen LogP contribution in [0.2, 0.25) is 0 Å². The van der Waals surface area contributed by atoms with Crippen LogP contribution in [0.4, 0.5) is 17.6 Å². The molecular formula is C17H13F4N3O4. The number of halogens is 4. The number of carbonyl (C=O) groups excluding carboxylic acids is 1. The number of alkyl halides is 4. The van der Waals surface area contributed by atoms with Gasteiger partial charge in [0.15, 0.2) is 5.78 Å². The standard InChI is InChI=1S/C17H13F4N3O4/c1-8-9(2)23-24(15(26)12(8)6-22)7-13(25)11-4-3-10(27-16(18)19)5-14(11)28-17(20)21/h3-5,16-17H,7H2,1-2H3. The van der Waals surface area contributed by atoms with Gasteiger partial charge in [-0.1, -0.05) is 0 Å². The summed E-state index contributed by atoms with van der Waals surface area (Å²) in [5.41, 5.74) is -0.745. The summed E-state index contributed by atoms with van der Waals surface area (Å²) in [5.74, 6) is -2.05. The van der Waals surface area contributed by atoms with E-state index < -0.39 is 48.2 Å². The second-order valence-electron chi connectivity index (χ2n) is 5.50. The number of nitrogens with zero attached hydrogens (tertiary/aromatic N) is 3. The van der Waals surface area contributed by atoms with E-state index >= 15 is 0 Å². The van der Waals surface area contributed by atoms with E-state index in [0.29, 0.717) is 17.3 Å². The van der Waals surface area contributed by atoms with Crippen LogP contribution in [0.15, 0.2) is 23.0 Å². The van der Waals surface area contributed by atoms with Gasteiger partial charge in [-0.05, 0) is 31.5 Å². The fourth-order valence-electron chi connectivity index (χ4n) is 2.33. The highest BCUT2D eigenvalue weighted by Gasteiger charge is 2.20. The fourth-order valence-corrected chi connectivity index (χ4v) is 2.33. The van der Waals surface area contributed by atoms with Crippen molar-refractivity contribution in [3.05, 3.63) is 50.9 Å². The molecule has 0 amide bonds. The number of nitriles is 1. The number of ether oxygens (including phenoxy) is 2. The van der Waals surface area contributed by atoms with Gasteiger partial charge in [0.1, 0.15) is 29.7 Å². The molecule has 0 aliphatic carbocycles.